The molecule has 134 valence electrons. The molecule has 0 radical (unpaired) electrons. The summed E-state index contributed by atoms with van der Waals surface area (Å²) in [6, 6.07) is 8.67. The maximum Gasteiger partial charge on any atom is 0.277 e. The van der Waals surface area contributed by atoms with Gasteiger partial charge in [0, 0.05) is 37.5 Å². The van der Waals surface area contributed by atoms with E-state index in [1.54, 1.807) is 14.1 Å². The lowest BCUT2D eigenvalue weighted by molar-refractivity contribution is -0.394. The Morgan fingerprint density at radius 3 is 1.81 bits per heavy atom. The topological polar surface area (TPSA) is 136 Å². The highest BCUT2D eigenvalue weighted by Gasteiger charge is 2.20. The van der Waals surface area contributed by atoms with Gasteiger partial charge in [-0.2, -0.15) is 0 Å². The van der Waals surface area contributed by atoms with Gasteiger partial charge in [-0.3, -0.25) is 29.8 Å². The largest absolute Gasteiger partial charge is 0.345 e. The minimum absolute atomic E-state index is 0.211. The van der Waals surface area contributed by atoms with Crippen LogP contribution in [0.2, 0.25) is 0 Å². The zero-order chi connectivity index (χ0) is 19.4. The summed E-state index contributed by atoms with van der Waals surface area (Å²) in [5, 5.41) is 24.2. The highest BCUT2D eigenvalue weighted by Crippen LogP contribution is 2.23. The number of rotatable bonds is 5. The van der Waals surface area contributed by atoms with Crippen molar-refractivity contribution in [3.63, 3.8) is 0 Å². The van der Waals surface area contributed by atoms with Crippen LogP contribution in [0.4, 0.5) is 17.1 Å². The Hall–Kier alpha value is -3.82. The van der Waals surface area contributed by atoms with Crippen molar-refractivity contribution in [2.24, 2.45) is 0 Å². The first-order valence-corrected chi connectivity index (χ1v) is 7.26. The van der Waals surface area contributed by atoms with Crippen LogP contribution >= 0.6 is 0 Å². The predicted molar refractivity (Wildman–Crippen MR) is 92.2 cm³/mol. The molecule has 0 aliphatic heterocycles. The van der Waals surface area contributed by atoms with E-state index in [-0.39, 0.29) is 11.5 Å². The number of carbonyl (C=O) groups is 2. The molecule has 0 heterocycles. The molecular formula is C16H14N4O6. The number of nitro groups is 2. The first kappa shape index (κ1) is 18.5. The number of non-ortho nitro benzene ring substituents is 2. The molecule has 0 fully saturated rings. The summed E-state index contributed by atoms with van der Waals surface area (Å²) in [5.41, 5.74) is -0.592. The molecule has 2 aromatic carbocycles. The highest BCUT2D eigenvalue weighted by atomic mass is 16.6. The Morgan fingerprint density at radius 1 is 0.885 bits per heavy atom. The van der Waals surface area contributed by atoms with Crippen LogP contribution in [0.1, 0.15) is 20.7 Å². The second-order valence-corrected chi connectivity index (χ2v) is 5.48. The van der Waals surface area contributed by atoms with E-state index in [1.807, 2.05) is 0 Å². The number of hydrogen-bond donors (Lipinski definition) is 1. The zero-order valence-corrected chi connectivity index (χ0v) is 13.8. The number of nitro benzene ring substituents is 2. The molecular weight excluding hydrogens is 344 g/mol. The standard InChI is InChI=1S/C16H14N4O6/c1-18(2)16(22)10-3-5-12(6-4-10)17-15(21)11-7-13(19(23)24)9-14(8-11)20(25)26/h3-9H,1-2H3,(H,17,21). The molecule has 26 heavy (non-hydrogen) atoms. The molecule has 0 saturated heterocycles. The summed E-state index contributed by atoms with van der Waals surface area (Å²) in [6.07, 6.45) is 0. The molecule has 0 bridgehead atoms. The predicted octanol–water partition coefficient (Wildman–Crippen LogP) is 2.46. The van der Waals surface area contributed by atoms with Crippen LogP contribution in [0.15, 0.2) is 42.5 Å². The van der Waals surface area contributed by atoms with Gasteiger partial charge in [-0.05, 0) is 24.3 Å². The van der Waals surface area contributed by atoms with E-state index < -0.39 is 27.1 Å². The number of nitrogens with one attached hydrogen (secondary N) is 1. The molecule has 0 aromatic heterocycles. The lowest BCUT2D eigenvalue weighted by atomic mass is 10.1. The van der Waals surface area contributed by atoms with Gasteiger partial charge in [0.05, 0.1) is 21.5 Å². The van der Waals surface area contributed by atoms with Gasteiger partial charge in [0.25, 0.3) is 23.2 Å². The molecule has 0 atom stereocenters. The van der Waals surface area contributed by atoms with E-state index >= 15 is 0 Å². The third-order valence-electron chi connectivity index (χ3n) is 3.38. The average molecular weight is 358 g/mol. The smallest absolute Gasteiger partial charge is 0.277 e. The summed E-state index contributed by atoms with van der Waals surface area (Å²) in [7, 11) is 3.21. The van der Waals surface area contributed by atoms with Crippen molar-refractivity contribution in [2.45, 2.75) is 0 Å². The van der Waals surface area contributed by atoms with Gasteiger partial charge in [0.2, 0.25) is 0 Å². The van der Waals surface area contributed by atoms with Crippen LogP contribution < -0.4 is 5.32 Å². The van der Waals surface area contributed by atoms with Crippen molar-refractivity contribution in [1.82, 2.24) is 4.90 Å². The fourth-order valence-corrected chi connectivity index (χ4v) is 2.09. The van der Waals surface area contributed by atoms with Crippen molar-refractivity contribution in [1.29, 1.82) is 0 Å². The minimum Gasteiger partial charge on any atom is -0.345 e. The maximum atomic E-state index is 12.3. The van der Waals surface area contributed by atoms with E-state index in [9.17, 15) is 29.8 Å². The van der Waals surface area contributed by atoms with Gasteiger partial charge in [-0.15, -0.1) is 0 Å². The van der Waals surface area contributed by atoms with Crippen LogP contribution in [-0.2, 0) is 0 Å². The second-order valence-electron chi connectivity index (χ2n) is 5.48. The number of carbonyl (C=O) groups excluding carboxylic acids is 2. The summed E-state index contributed by atoms with van der Waals surface area (Å²) in [6.45, 7) is 0. The quantitative estimate of drug-likeness (QED) is 0.644. The molecule has 0 aliphatic carbocycles. The minimum atomic E-state index is -0.814. The molecule has 2 aromatic rings. The van der Waals surface area contributed by atoms with Gasteiger partial charge in [0.15, 0.2) is 0 Å². The monoisotopic (exact) mass is 358 g/mol. The Bertz CT molecular complexity index is 860. The molecule has 0 unspecified atom stereocenters. The highest BCUT2D eigenvalue weighted by molar-refractivity contribution is 6.05. The Labute approximate surface area is 147 Å². The summed E-state index contributed by atoms with van der Waals surface area (Å²) in [4.78, 5) is 45.6. The van der Waals surface area contributed by atoms with Crippen molar-refractivity contribution < 1.29 is 19.4 Å². The van der Waals surface area contributed by atoms with Crippen molar-refractivity contribution in [3.05, 3.63) is 73.8 Å². The van der Waals surface area contributed by atoms with Crippen LogP contribution in [-0.4, -0.2) is 40.7 Å². The molecule has 10 nitrogen and oxygen atoms in total. The van der Waals surface area contributed by atoms with Crippen LogP contribution in [0, 0.1) is 20.2 Å². The van der Waals surface area contributed by atoms with Gasteiger partial charge >= 0.3 is 0 Å². The average Bonchev–Trinajstić information content (AvgIpc) is 2.61. The zero-order valence-electron chi connectivity index (χ0n) is 13.8. The van der Waals surface area contributed by atoms with Gasteiger partial charge in [-0.25, -0.2) is 0 Å². The van der Waals surface area contributed by atoms with Crippen molar-refractivity contribution >= 4 is 28.9 Å². The first-order chi connectivity index (χ1) is 12.2. The summed E-state index contributed by atoms with van der Waals surface area (Å²) >= 11 is 0. The van der Waals surface area contributed by atoms with Gasteiger partial charge in [-0.1, -0.05) is 0 Å². The van der Waals surface area contributed by atoms with Crippen LogP contribution in [0.3, 0.4) is 0 Å². The lowest BCUT2D eigenvalue weighted by Gasteiger charge is -2.11. The molecule has 2 amide bonds. The van der Waals surface area contributed by atoms with Crippen LogP contribution in [0.25, 0.3) is 0 Å². The van der Waals surface area contributed by atoms with E-state index in [4.69, 9.17) is 0 Å². The lowest BCUT2D eigenvalue weighted by Crippen LogP contribution is -2.21. The van der Waals surface area contributed by atoms with E-state index in [0.29, 0.717) is 11.3 Å². The fraction of sp³-hybridized carbons (Fsp3) is 0.125. The molecule has 0 spiro atoms. The van der Waals surface area contributed by atoms with E-state index in [0.717, 1.165) is 18.2 Å². The number of nitrogens with zero attached hydrogens (tertiary/aromatic N) is 3. The number of anilines is 1. The molecule has 10 heteroatoms. The van der Waals surface area contributed by atoms with Crippen LogP contribution in [0.5, 0.6) is 0 Å². The number of amides is 2. The molecule has 2 rings (SSSR count). The Kier molecular flexibility index (Phi) is 5.26. The maximum absolute atomic E-state index is 12.3. The van der Waals surface area contributed by atoms with E-state index in [1.165, 1.54) is 29.2 Å². The first-order valence-electron chi connectivity index (χ1n) is 7.26. The molecule has 1 N–H and O–H groups in total. The Morgan fingerprint density at radius 2 is 1.38 bits per heavy atom. The van der Waals surface area contributed by atoms with E-state index in [2.05, 4.69) is 5.32 Å². The SMILES string of the molecule is CN(C)C(=O)c1ccc(NC(=O)c2cc([N+](=O)[O-])cc([N+](=O)[O-])c2)cc1. The third kappa shape index (κ3) is 4.17. The van der Waals surface area contributed by atoms with Crippen molar-refractivity contribution in [2.75, 3.05) is 19.4 Å². The molecule has 0 saturated carbocycles. The Balaban J connectivity index is 2.26. The summed E-state index contributed by atoms with van der Waals surface area (Å²) in [5.74, 6) is -0.958. The third-order valence-corrected chi connectivity index (χ3v) is 3.38. The fourth-order valence-electron chi connectivity index (χ4n) is 2.09. The molecule has 0 aliphatic rings. The van der Waals surface area contributed by atoms with Gasteiger partial charge in [0.1, 0.15) is 0 Å². The van der Waals surface area contributed by atoms with Gasteiger partial charge < -0.3 is 10.2 Å². The van der Waals surface area contributed by atoms with Crippen molar-refractivity contribution in [3.8, 4) is 0 Å². The summed E-state index contributed by atoms with van der Waals surface area (Å²) < 4.78 is 0. The second kappa shape index (κ2) is 7.38. The normalized spacial score (nSPS) is 10.1. The number of benzene rings is 2. The number of hydrogen-bond acceptors (Lipinski definition) is 6.